The SMILES string of the molecule is CC(C)Cc1nc2c(nc1NC(=O)Cc1ccc(Cl)cc1)CCc1cc(F)ccc1-2. The predicted molar refractivity (Wildman–Crippen MR) is 117 cm³/mol. The van der Waals surface area contributed by atoms with Gasteiger partial charge in [0.2, 0.25) is 5.91 Å². The third-order valence-electron chi connectivity index (χ3n) is 5.13. The monoisotopic (exact) mass is 423 g/mol. The van der Waals surface area contributed by atoms with E-state index in [1.54, 1.807) is 24.3 Å². The standard InChI is InChI=1S/C24H23ClFN3O/c1-14(2)11-21-24(29-22(30)12-15-3-6-17(25)7-4-15)28-20-10-5-16-13-18(26)8-9-19(16)23(20)27-21/h3-4,6-9,13-14H,5,10-12H2,1-2H3,(H,28,29,30). The maximum absolute atomic E-state index is 13.6. The van der Waals surface area contributed by atoms with Gasteiger partial charge in [0, 0.05) is 10.6 Å². The Balaban J connectivity index is 1.65. The summed E-state index contributed by atoms with van der Waals surface area (Å²) in [5.74, 6) is 0.487. The molecule has 0 radical (unpaired) electrons. The van der Waals surface area contributed by atoms with Crippen molar-refractivity contribution in [2.24, 2.45) is 5.92 Å². The number of carbonyl (C=O) groups excluding carboxylic acids is 1. The second-order valence-electron chi connectivity index (χ2n) is 8.07. The summed E-state index contributed by atoms with van der Waals surface area (Å²) in [4.78, 5) is 22.3. The number of nitrogens with one attached hydrogen (secondary N) is 1. The third kappa shape index (κ3) is 4.51. The van der Waals surface area contributed by atoms with Crippen LogP contribution in [0.1, 0.15) is 36.4 Å². The number of nitrogens with zero attached hydrogens (tertiary/aromatic N) is 2. The molecule has 0 fully saturated rings. The van der Waals surface area contributed by atoms with Gasteiger partial charge in [-0.05, 0) is 66.6 Å². The number of benzene rings is 2. The number of carbonyl (C=O) groups is 1. The Labute approximate surface area is 180 Å². The number of aromatic nitrogens is 2. The van der Waals surface area contributed by atoms with Gasteiger partial charge in [-0.15, -0.1) is 0 Å². The van der Waals surface area contributed by atoms with Crippen molar-refractivity contribution < 1.29 is 9.18 Å². The molecule has 6 heteroatoms. The Morgan fingerprint density at radius 3 is 2.63 bits per heavy atom. The number of hydrogen-bond acceptors (Lipinski definition) is 3. The fraction of sp³-hybridized carbons (Fsp3) is 0.292. The highest BCUT2D eigenvalue weighted by Gasteiger charge is 2.23. The Bertz CT molecular complexity index is 1100. The van der Waals surface area contributed by atoms with E-state index >= 15 is 0 Å². The van der Waals surface area contributed by atoms with Crippen LogP contribution in [0, 0.1) is 11.7 Å². The smallest absolute Gasteiger partial charge is 0.229 e. The zero-order chi connectivity index (χ0) is 21.3. The third-order valence-corrected chi connectivity index (χ3v) is 5.38. The van der Waals surface area contributed by atoms with Crippen LogP contribution in [-0.4, -0.2) is 15.9 Å². The number of fused-ring (bicyclic) bond motifs is 3. The second kappa shape index (κ2) is 8.52. The van der Waals surface area contributed by atoms with Crippen molar-refractivity contribution in [2.75, 3.05) is 5.32 Å². The lowest BCUT2D eigenvalue weighted by molar-refractivity contribution is -0.115. The van der Waals surface area contributed by atoms with Gasteiger partial charge in [-0.25, -0.2) is 14.4 Å². The Hall–Kier alpha value is -2.79. The molecule has 0 saturated carbocycles. The van der Waals surface area contributed by atoms with Crippen LogP contribution in [0.5, 0.6) is 0 Å². The van der Waals surface area contributed by atoms with Gasteiger partial charge in [0.15, 0.2) is 5.82 Å². The first-order chi connectivity index (χ1) is 14.4. The molecule has 1 heterocycles. The quantitative estimate of drug-likeness (QED) is 0.596. The molecule has 1 aliphatic rings. The summed E-state index contributed by atoms with van der Waals surface area (Å²) in [5, 5.41) is 3.59. The molecule has 0 bridgehead atoms. The first-order valence-corrected chi connectivity index (χ1v) is 10.5. The molecule has 1 aliphatic carbocycles. The molecule has 4 nitrogen and oxygen atoms in total. The van der Waals surface area contributed by atoms with Crippen molar-refractivity contribution in [3.63, 3.8) is 0 Å². The molecule has 30 heavy (non-hydrogen) atoms. The first-order valence-electron chi connectivity index (χ1n) is 10.1. The van der Waals surface area contributed by atoms with Crippen molar-refractivity contribution in [1.82, 2.24) is 9.97 Å². The predicted octanol–water partition coefficient (Wildman–Crippen LogP) is 5.41. The molecule has 1 N–H and O–H groups in total. The van der Waals surface area contributed by atoms with E-state index in [-0.39, 0.29) is 18.1 Å². The summed E-state index contributed by atoms with van der Waals surface area (Å²) in [5.41, 5.74) is 5.14. The highest BCUT2D eigenvalue weighted by molar-refractivity contribution is 6.30. The molecule has 154 valence electrons. The Morgan fingerprint density at radius 2 is 1.90 bits per heavy atom. The van der Waals surface area contributed by atoms with Gasteiger partial charge in [0.25, 0.3) is 0 Å². The van der Waals surface area contributed by atoms with Crippen LogP contribution in [0.15, 0.2) is 42.5 Å². The van der Waals surface area contributed by atoms with Crippen LogP contribution >= 0.6 is 11.6 Å². The number of halogens is 2. The van der Waals surface area contributed by atoms with E-state index in [0.29, 0.717) is 36.0 Å². The zero-order valence-corrected chi connectivity index (χ0v) is 17.8. The molecule has 3 aromatic rings. The molecule has 0 saturated heterocycles. The van der Waals surface area contributed by atoms with Crippen LogP contribution in [0.4, 0.5) is 10.2 Å². The van der Waals surface area contributed by atoms with Gasteiger partial charge in [0.1, 0.15) is 5.82 Å². The zero-order valence-electron chi connectivity index (χ0n) is 17.0. The molecule has 0 atom stereocenters. The number of hydrogen-bond donors (Lipinski definition) is 1. The maximum Gasteiger partial charge on any atom is 0.229 e. The van der Waals surface area contributed by atoms with Gasteiger partial charge >= 0.3 is 0 Å². The molecule has 1 amide bonds. The van der Waals surface area contributed by atoms with Gasteiger partial charge < -0.3 is 5.32 Å². The summed E-state index contributed by atoms with van der Waals surface area (Å²) < 4.78 is 13.6. The largest absolute Gasteiger partial charge is 0.309 e. The van der Waals surface area contributed by atoms with Crippen LogP contribution in [-0.2, 0) is 30.5 Å². The van der Waals surface area contributed by atoms with Gasteiger partial charge in [-0.1, -0.05) is 37.6 Å². The number of anilines is 1. The number of aryl methyl sites for hydroxylation is 2. The maximum atomic E-state index is 13.6. The lowest BCUT2D eigenvalue weighted by Gasteiger charge is -2.21. The average molecular weight is 424 g/mol. The first kappa shape index (κ1) is 20.5. The molecule has 1 aromatic heterocycles. The fourth-order valence-electron chi connectivity index (χ4n) is 3.74. The number of amides is 1. The highest BCUT2D eigenvalue weighted by atomic mass is 35.5. The minimum atomic E-state index is -0.237. The molecule has 2 aromatic carbocycles. The van der Waals surface area contributed by atoms with Gasteiger partial charge in [0.05, 0.1) is 23.5 Å². The Kier molecular flexibility index (Phi) is 5.82. The van der Waals surface area contributed by atoms with E-state index in [1.165, 1.54) is 6.07 Å². The van der Waals surface area contributed by atoms with Crippen LogP contribution < -0.4 is 5.32 Å². The summed E-state index contributed by atoms with van der Waals surface area (Å²) in [6.07, 6.45) is 2.30. The molecule has 0 unspecified atom stereocenters. The fourth-order valence-corrected chi connectivity index (χ4v) is 3.87. The van der Waals surface area contributed by atoms with E-state index in [9.17, 15) is 9.18 Å². The molecule has 0 aliphatic heterocycles. The van der Waals surface area contributed by atoms with Crippen LogP contribution in [0.25, 0.3) is 11.3 Å². The topological polar surface area (TPSA) is 54.9 Å². The van der Waals surface area contributed by atoms with Gasteiger partial charge in [-0.2, -0.15) is 0 Å². The average Bonchev–Trinajstić information content (AvgIpc) is 2.69. The van der Waals surface area contributed by atoms with Crippen LogP contribution in [0.3, 0.4) is 0 Å². The summed E-state index contributed by atoms with van der Waals surface area (Å²) >= 11 is 5.92. The second-order valence-corrected chi connectivity index (χ2v) is 8.50. The van der Waals surface area contributed by atoms with E-state index in [1.807, 2.05) is 12.1 Å². The number of rotatable bonds is 5. The molecule has 4 rings (SSSR count). The van der Waals surface area contributed by atoms with Crippen molar-refractivity contribution in [1.29, 1.82) is 0 Å². The van der Waals surface area contributed by atoms with E-state index in [2.05, 4.69) is 19.2 Å². The van der Waals surface area contributed by atoms with E-state index in [4.69, 9.17) is 21.6 Å². The Morgan fingerprint density at radius 1 is 1.13 bits per heavy atom. The van der Waals surface area contributed by atoms with Crippen molar-refractivity contribution >= 4 is 23.3 Å². The lowest BCUT2D eigenvalue weighted by Crippen LogP contribution is -2.20. The van der Waals surface area contributed by atoms with Crippen LogP contribution in [0.2, 0.25) is 5.02 Å². The summed E-state index contributed by atoms with van der Waals surface area (Å²) in [6, 6.07) is 12.0. The highest BCUT2D eigenvalue weighted by Crippen LogP contribution is 2.33. The summed E-state index contributed by atoms with van der Waals surface area (Å²) in [7, 11) is 0. The molecule has 0 spiro atoms. The molecular formula is C24H23ClFN3O. The summed E-state index contributed by atoms with van der Waals surface area (Å²) in [6.45, 7) is 4.20. The normalized spacial score (nSPS) is 12.4. The minimum Gasteiger partial charge on any atom is -0.309 e. The lowest BCUT2D eigenvalue weighted by atomic mass is 9.91. The van der Waals surface area contributed by atoms with Crippen molar-refractivity contribution in [2.45, 2.75) is 39.5 Å². The van der Waals surface area contributed by atoms with Crippen molar-refractivity contribution in [3.05, 3.63) is 75.8 Å². The van der Waals surface area contributed by atoms with E-state index in [0.717, 1.165) is 33.8 Å². The van der Waals surface area contributed by atoms with Gasteiger partial charge in [-0.3, -0.25) is 4.79 Å². The minimum absolute atomic E-state index is 0.144. The van der Waals surface area contributed by atoms with E-state index < -0.39 is 0 Å². The van der Waals surface area contributed by atoms with Crippen molar-refractivity contribution in [3.8, 4) is 11.3 Å². The molecular weight excluding hydrogens is 401 g/mol.